The molecule has 0 aliphatic carbocycles. The Hall–Kier alpha value is -2.82. The lowest BCUT2D eigenvalue weighted by Crippen LogP contribution is -2.51. The van der Waals surface area contributed by atoms with Gasteiger partial charge in [0.1, 0.15) is 11.6 Å². The van der Waals surface area contributed by atoms with Crippen molar-refractivity contribution in [2.75, 3.05) is 19.6 Å². The van der Waals surface area contributed by atoms with Gasteiger partial charge in [0.15, 0.2) is 0 Å². The summed E-state index contributed by atoms with van der Waals surface area (Å²) in [6, 6.07) is 3.54. The van der Waals surface area contributed by atoms with E-state index < -0.39 is 47.4 Å². The Morgan fingerprint density at radius 3 is 2.37 bits per heavy atom. The van der Waals surface area contributed by atoms with Gasteiger partial charge < -0.3 is 25.0 Å². The van der Waals surface area contributed by atoms with E-state index in [4.69, 9.17) is 4.74 Å². The zero-order valence-electron chi connectivity index (χ0n) is 20.1. The third-order valence-electron chi connectivity index (χ3n) is 6.04. The molecule has 35 heavy (non-hydrogen) atoms. The molecule has 1 aromatic carbocycles. The second kappa shape index (κ2) is 10.4. The molecule has 3 amide bonds. The van der Waals surface area contributed by atoms with Gasteiger partial charge in [0, 0.05) is 32.6 Å². The van der Waals surface area contributed by atoms with Crippen molar-refractivity contribution in [1.82, 2.24) is 15.1 Å². The van der Waals surface area contributed by atoms with Crippen LogP contribution in [0.15, 0.2) is 24.3 Å². The lowest BCUT2D eigenvalue weighted by atomic mass is 9.96. The second-order valence-corrected chi connectivity index (χ2v) is 10.1. The van der Waals surface area contributed by atoms with Crippen LogP contribution in [0.4, 0.5) is 18.0 Å². The largest absolute Gasteiger partial charge is 0.444 e. The number of β-amino-alcohol motifs (C(OH)–C–C–N with tert-alkyl or cyclic N) is 1. The number of piperidine rings is 1. The maximum absolute atomic E-state index is 13.3. The van der Waals surface area contributed by atoms with Crippen molar-refractivity contribution in [1.29, 1.82) is 0 Å². The summed E-state index contributed by atoms with van der Waals surface area (Å²) in [4.78, 5) is 41.4. The molecule has 0 saturated carbocycles. The summed E-state index contributed by atoms with van der Waals surface area (Å²) in [5, 5.41) is 12.8. The van der Waals surface area contributed by atoms with Gasteiger partial charge >= 0.3 is 12.3 Å². The molecule has 2 saturated heterocycles. The van der Waals surface area contributed by atoms with Gasteiger partial charge in [0.2, 0.25) is 11.8 Å². The minimum atomic E-state index is -4.44. The van der Waals surface area contributed by atoms with Gasteiger partial charge in [-0.15, -0.1) is 0 Å². The highest BCUT2D eigenvalue weighted by Gasteiger charge is 2.42. The summed E-state index contributed by atoms with van der Waals surface area (Å²) in [6.07, 6.45) is -4.59. The van der Waals surface area contributed by atoms with E-state index >= 15 is 0 Å². The average Bonchev–Trinajstić information content (AvgIpc) is 3.17. The molecule has 8 nitrogen and oxygen atoms in total. The molecular weight excluding hydrogens is 467 g/mol. The quantitative estimate of drug-likeness (QED) is 0.664. The van der Waals surface area contributed by atoms with Crippen molar-refractivity contribution in [3.63, 3.8) is 0 Å². The number of hydrogen-bond donors (Lipinski definition) is 2. The van der Waals surface area contributed by atoms with Gasteiger partial charge in [-0.25, -0.2) is 4.79 Å². The molecule has 194 valence electrons. The van der Waals surface area contributed by atoms with Crippen molar-refractivity contribution < 1.29 is 37.4 Å². The number of aliphatic hydroxyl groups is 1. The third-order valence-corrected chi connectivity index (χ3v) is 6.04. The van der Waals surface area contributed by atoms with Crippen LogP contribution in [0.3, 0.4) is 0 Å². The van der Waals surface area contributed by atoms with Crippen molar-refractivity contribution in [3.8, 4) is 0 Å². The number of amides is 3. The van der Waals surface area contributed by atoms with Crippen LogP contribution in [0.5, 0.6) is 0 Å². The highest BCUT2D eigenvalue weighted by Crippen LogP contribution is 2.29. The molecular formula is C24H32F3N3O5. The SMILES string of the molecule is CC(C)(C)OC(=O)N1CCC[C@H](C(=O)N2C[C@H](O)C[C@@H]2C(=O)NCc2ccc(C(F)(F)F)cc2)C1. The van der Waals surface area contributed by atoms with Gasteiger partial charge in [0.25, 0.3) is 0 Å². The molecule has 2 aliphatic rings. The average molecular weight is 500 g/mol. The molecule has 0 bridgehead atoms. The van der Waals surface area contributed by atoms with E-state index in [-0.39, 0.29) is 32.0 Å². The number of rotatable bonds is 4. The van der Waals surface area contributed by atoms with Gasteiger partial charge in [-0.3, -0.25) is 9.59 Å². The molecule has 2 N–H and O–H groups in total. The zero-order valence-corrected chi connectivity index (χ0v) is 20.1. The van der Waals surface area contributed by atoms with Gasteiger partial charge in [0.05, 0.1) is 17.6 Å². The first-order chi connectivity index (χ1) is 16.2. The first-order valence-corrected chi connectivity index (χ1v) is 11.6. The molecule has 1 aromatic rings. The summed E-state index contributed by atoms with van der Waals surface area (Å²) in [5.41, 5.74) is -0.970. The van der Waals surface area contributed by atoms with Crippen LogP contribution in [0.2, 0.25) is 0 Å². The summed E-state index contributed by atoms with van der Waals surface area (Å²) in [6.45, 7) is 5.91. The fourth-order valence-corrected chi connectivity index (χ4v) is 4.33. The molecule has 2 fully saturated rings. The molecule has 0 radical (unpaired) electrons. The second-order valence-electron chi connectivity index (χ2n) is 10.1. The van der Waals surface area contributed by atoms with Crippen LogP contribution in [0.25, 0.3) is 0 Å². The first-order valence-electron chi connectivity index (χ1n) is 11.6. The lowest BCUT2D eigenvalue weighted by Gasteiger charge is -2.36. The Morgan fingerprint density at radius 2 is 1.77 bits per heavy atom. The van der Waals surface area contributed by atoms with E-state index in [2.05, 4.69) is 5.32 Å². The Labute approximate surface area is 202 Å². The van der Waals surface area contributed by atoms with Crippen LogP contribution in [0.1, 0.15) is 51.2 Å². The Morgan fingerprint density at radius 1 is 1.11 bits per heavy atom. The predicted molar refractivity (Wildman–Crippen MR) is 120 cm³/mol. The highest BCUT2D eigenvalue weighted by atomic mass is 19.4. The van der Waals surface area contributed by atoms with Crippen molar-refractivity contribution in [2.45, 2.75) is 70.5 Å². The monoisotopic (exact) mass is 499 g/mol. The van der Waals surface area contributed by atoms with Crippen molar-refractivity contribution in [3.05, 3.63) is 35.4 Å². The van der Waals surface area contributed by atoms with Crippen LogP contribution in [0, 0.1) is 5.92 Å². The lowest BCUT2D eigenvalue weighted by molar-refractivity contribution is -0.143. The molecule has 2 aliphatic heterocycles. The number of ether oxygens (including phenoxy) is 1. The fourth-order valence-electron chi connectivity index (χ4n) is 4.33. The third kappa shape index (κ3) is 7.09. The van der Waals surface area contributed by atoms with Crippen molar-refractivity contribution in [2.24, 2.45) is 5.92 Å². The van der Waals surface area contributed by atoms with Gasteiger partial charge in [-0.2, -0.15) is 13.2 Å². The maximum atomic E-state index is 13.3. The molecule has 3 rings (SSSR count). The highest BCUT2D eigenvalue weighted by molar-refractivity contribution is 5.89. The molecule has 0 unspecified atom stereocenters. The molecule has 3 atom stereocenters. The summed E-state index contributed by atoms with van der Waals surface area (Å²) in [5.74, 6) is -1.33. The topological polar surface area (TPSA) is 99.2 Å². The Kier molecular flexibility index (Phi) is 7.98. The van der Waals surface area contributed by atoms with Crippen LogP contribution < -0.4 is 5.32 Å². The van der Waals surface area contributed by atoms with Crippen LogP contribution in [-0.4, -0.2) is 70.2 Å². The summed E-state index contributed by atoms with van der Waals surface area (Å²) in [7, 11) is 0. The molecule has 0 aromatic heterocycles. The first kappa shape index (κ1) is 26.8. The molecule has 11 heteroatoms. The van der Waals surface area contributed by atoms with E-state index in [0.29, 0.717) is 24.9 Å². The number of hydrogen-bond acceptors (Lipinski definition) is 5. The normalized spacial score (nSPS) is 23.2. The minimum Gasteiger partial charge on any atom is -0.444 e. The van der Waals surface area contributed by atoms with E-state index in [1.165, 1.54) is 21.9 Å². The van der Waals surface area contributed by atoms with Gasteiger partial charge in [-0.1, -0.05) is 12.1 Å². The Bertz CT molecular complexity index is 930. The smallest absolute Gasteiger partial charge is 0.416 e. The van der Waals surface area contributed by atoms with E-state index in [1.807, 2.05) is 0 Å². The zero-order chi connectivity index (χ0) is 26.0. The van der Waals surface area contributed by atoms with E-state index in [9.17, 15) is 32.7 Å². The van der Waals surface area contributed by atoms with Gasteiger partial charge in [-0.05, 0) is 51.3 Å². The number of carbonyl (C=O) groups excluding carboxylic acids is 3. The number of carbonyl (C=O) groups is 3. The van der Waals surface area contributed by atoms with Crippen molar-refractivity contribution >= 4 is 17.9 Å². The molecule has 2 heterocycles. The number of nitrogens with one attached hydrogen (secondary N) is 1. The maximum Gasteiger partial charge on any atom is 0.416 e. The summed E-state index contributed by atoms with van der Waals surface area (Å²) < 4.78 is 43.6. The summed E-state index contributed by atoms with van der Waals surface area (Å²) >= 11 is 0. The van der Waals surface area contributed by atoms with E-state index in [0.717, 1.165) is 12.1 Å². The predicted octanol–water partition coefficient (Wildman–Crippen LogP) is 2.93. The Balaban J connectivity index is 1.61. The fraction of sp³-hybridized carbons (Fsp3) is 0.625. The number of benzene rings is 1. The number of alkyl halides is 3. The number of aliphatic hydroxyl groups excluding tert-OH is 1. The van der Waals surface area contributed by atoms with E-state index in [1.54, 1.807) is 20.8 Å². The number of likely N-dealkylation sites (tertiary alicyclic amines) is 2. The number of nitrogens with zero attached hydrogens (tertiary/aromatic N) is 2. The van der Waals surface area contributed by atoms with Crippen LogP contribution >= 0.6 is 0 Å². The minimum absolute atomic E-state index is 0.000136. The number of halogens is 3. The standard InChI is InChI=1S/C24H32F3N3O5/c1-23(2,3)35-22(34)29-10-4-5-16(13-29)21(33)30-14-18(31)11-19(30)20(32)28-12-15-6-8-17(9-7-15)24(25,26)27/h6-9,16,18-19,31H,4-5,10-14H2,1-3H3,(H,28,32)/t16-,18+,19+/m0/s1. The molecule has 0 spiro atoms. The van der Waals surface area contributed by atoms with Crippen LogP contribution in [-0.2, 0) is 27.0 Å².